The van der Waals surface area contributed by atoms with Gasteiger partial charge in [-0.05, 0) is 0 Å². The Morgan fingerprint density at radius 3 is 1.18 bits per heavy atom. The van der Waals surface area contributed by atoms with Crippen LogP contribution in [0.2, 0.25) is 0 Å². The van der Waals surface area contributed by atoms with Gasteiger partial charge in [-0.15, -0.1) is 0 Å². The number of carbonyl (C=O) groups is 3. The smallest absolute Gasteiger partial charge is 0.217 e. The Kier molecular flexibility index (Phi) is 27.4. The van der Waals surface area contributed by atoms with Gasteiger partial charge in [0.05, 0.1) is 52.9 Å². The number of ether oxygens (including phenoxy) is 12. The molecule has 6 rings (SSSR count). The maximum atomic E-state index is 12.8. The summed E-state index contributed by atoms with van der Waals surface area (Å²) < 4.78 is 69.5. The summed E-state index contributed by atoms with van der Waals surface area (Å²) in [5.41, 5.74) is 0. The molecule has 6 aliphatic heterocycles. The predicted octanol–water partition coefficient (Wildman–Crippen LogP) is -16.2. The van der Waals surface area contributed by atoms with Gasteiger partial charge in [-0.25, -0.2) is 0 Å². The number of nitrogens with one attached hydrogen (secondary N) is 3. The first kappa shape index (κ1) is 73.1. The monoisotopic (exact) mass is 1280 g/mol. The third-order valence-corrected chi connectivity index (χ3v) is 15.4. The second-order valence-corrected chi connectivity index (χ2v) is 21.6. The van der Waals surface area contributed by atoms with Crippen molar-refractivity contribution in [1.29, 1.82) is 0 Å². The third kappa shape index (κ3) is 16.8. The van der Waals surface area contributed by atoms with Gasteiger partial charge in [0.15, 0.2) is 37.7 Å². The number of aliphatic hydroxyl groups excluding tert-OH is 21. The zero-order valence-corrected chi connectivity index (χ0v) is 46.8. The van der Waals surface area contributed by atoms with E-state index in [0.29, 0.717) is 0 Å². The maximum Gasteiger partial charge on any atom is 0.217 e. The summed E-state index contributed by atoms with van der Waals surface area (Å²) in [4.78, 5) is 37.7. The molecule has 0 aromatic rings. The number of amides is 3. The second kappa shape index (κ2) is 32.6. The van der Waals surface area contributed by atoms with Crippen molar-refractivity contribution in [2.24, 2.45) is 0 Å². The van der Waals surface area contributed by atoms with Gasteiger partial charge in [0.2, 0.25) is 17.7 Å². The van der Waals surface area contributed by atoms with Crippen molar-refractivity contribution in [2.75, 3.05) is 52.9 Å². The Morgan fingerprint density at radius 1 is 0.368 bits per heavy atom. The highest BCUT2D eigenvalue weighted by Crippen LogP contribution is 2.37. The molecule has 34 atom stereocenters. The quantitative estimate of drug-likeness (QED) is 0.0382. The topological polar surface area (TPSA) is 623 Å². The number of hydrogen-bond acceptors (Lipinski definition) is 36. The number of carbonyl (C=O) groups excluding carboxylic acids is 3. The Labute approximate surface area is 493 Å². The van der Waals surface area contributed by atoms with Gasteiger partial charge in [0.1, 0.15) is 171 Å². The molecular weight excluding hydrogens is 1190 g/mol. The first-order valence-corrected chi connectivity index (χ1v) is 27.5. The molecular formula is C48H83N3O36. The summed E-state index contributed by atoms with van der Waals surface area (Å²) in [7, 11) is 0. The van der Waals surface area contributed by atoms with E-state index in [1.165, 1.54) is 0 Å². The lowest BCUT2D eigenvalue weighted by Gasteiger charge is -2.50. The molecule has 0 unspecified atom stereocenters. The normalized spacial score (nSPS) is 45.1. The minimum absolute atomic E-state index is 0.773. The van der Waals surface area contributed by atoms with E-state index in [2.05, 4.69) is 16.0 Å². The molecule has 0 spiro atoms. The minimum atomic E-state index is -2.39. The number of rotatable bonds is 26. The van der Waals surface area contributed by atoms with Gasteiger partial charge >= 0.3 is 0 Å². The number of hydrogen-bond donors (Lipinski definition) is 24. The molecule has 0 radical (unpaired) electrons. The summed E-state index contributed by atoms with van der Waals surface area (Å²) >= 11 is 0. The lowest BCUT2D eigenvalue weighted by atomic mass is 9.94. The van der Waals surface area contributed by atoms with E-state index >= 15 is 0 Å². The van der Waals surface area contributed by atoms with E-state index in [9.17, 15) is 122 Å². The van der Waals surface area contributed by atoms with Crippen molar-refractivity contribution >= 4 is 17.7 Å². The van der Waals surface area contributed by atoms with Crippen LogP contribution in [0.4, 0.5) is 0 Å². The molecule has 0 aromatic carbocycles. The van der Waals surface area contributed by atoms with Crippen LogP contribution in [0.5, 0.6) is 0 Å². The Morgan fingerprint density at radius 2 is 0.713 bits per heavy atom. The van der Waals surface area contributed by atoms with Gasteiger partial charge in [0, 0.05) is 20.8 Å². The second-order valence-electron chi connectivity index (χ2n) is 21.6. The van der Waals surface area contributed by atoms with Crippen LogP contribution in [0.3, 0.4) is 0 Å². The van der Waals surface area contributed by atoms with Gasteiger partial charge in [0.25, 0.3) is 0 Å². The molecule has 0 aromatic heterocycles. The third-order valence-electron chi connectivity index (χ3n) is 15.4. The first-order valence-electron chi connectivity index (χ1n) is 27.5. The lowest BCUT2D eigenvalue weighted by Crippen LogP contribution is -2.70. The fraction of sp³-hybridized carbons (Fsp3) is 0.938. The van der Waals surface area contributed by atoms with Crippen LogP contribution in [0.15, 0.2) is 0 Å². The fourth-order valence-electron chi connectivity index (χ4n) is 10.7. The van der Waals surface area contributed by atoms with Crippen LogP contribution >= 0.6 is 0 Å². The average molecular weight is 1280 g/mol. The largest absolute Gasteiger partial charge is 0.394 e. The molecule has 39 nitrogen and oxygen atoms in total. The van der Waals surface area contributed by atoms with Crippen LogP contribution in [0.25, 0.3) is 0 Å². The summed E-state index contributed by atoms with van der Waals surface area (Å²) in [6.45, 7) is -5.41. The van der Waals surface area contributed by atoms with E-state index in [1.54, 1.807) is 0 Å². The molecule has 6 heterocycles. The molecule has 6 aliphatic rings. The lowest BCUT2D eigenvalue weighted by molar-refractivity contribution is -0.380. The Hall–Kier alpha value is -2.91. The highest BCUT2D eigenvalue weighted by molar-refractivity contribution is 5.74. The zero-order chi connectivity index (χ0) is 64.6. The molecule has 24 N–H and O–H groups in total. The first-order chi connectivity index (χ1) is 41.1. The summed E-state index contributed by atoms with van der Waals surface area (Å²) in [5, 5.41) is 233. The van der Waals surface area contributed by atoms with Gasteiger partial charge < -0.3 is 180 Å². The number of aliphatic hydroxyl groups is 21. The van der Waals surface area contributed by atoms with E-state index in [-0.39, 0.29) is 0 Å². The fourth-order valence-corrected chi connectivity index (χ4v) is 10.7. The molecule has 0 bridgehead atoms. The minimum Gasteiger partial charge on any atom is -0.394 e. The Bertz CT molecular complexity index is 2140. The molecule has 87 heavy (non-hydrogen) atoms. The van der Waals surface area contributed by atoms with Gasteiger partial charge in [-0.2, -0.15) is 0 Å². The maximum absolute atomic E-state index is 12.8. The Balaban J connectivity index is 1.28. The van der Waals surface area contributed by atoms with Crippen molar-refractivity contribution in [3.8, 4) is 0 Å². The van der Waals surface area contributed by atoms with E-state index in [0.717, 1.165) is 20.8 Å². The van der Waals surface area contributed by atoms with Crippen LogP contribution in [0, 0.1) is 0 Å². The molecule has 506 valence electrons. The van der Waals surface area contributed by atoms with E-state index in [1.807, 2.05) is 0 Å². The van der Waals surface area contributed by atoms with Crippen LogP contribution in [-0.2, 0) is 71.2 Å². The molecule has 3 amide bonds. The molecule has 0 saturated carbocycles. The molecule has 6 saturated heterocycles. The molecule has 39 heteroatoms. The van der Waals surface area contributed by atoms with Crippen LogP contribution < -0.4 is 16.0 Å². The van der Waals surface area contributed by atoms with Crippen LogP contribution in [0.1, 0.15) is 20.8 Å². The van der Waals surface area contributed by atoms with Crippen molar-refractivity contribution in [2.45, 2.75) is 229 Å². The average Bonchev–Trinajstić information content (AvgIpc) is 1.71. The van der Waals surface area contributed by atoms with Crippen molar-refractivity contribution in [1.82, 2.24) is 16.0 Å². The van der Waals surface area contributed by atoms with Crippen molar-refractivity contribution < 1.29 is 178 Å². The molecule has 0 aliphatic carbocycles. The SMILES string of the molecule is CC(=O)N[C@H]1[C@H](OC[C@H]2O[C@@H](O[C@@H]([C@H](O)[C@@H](O)CO)[C@H](O)CO)[C@H](O)[C@@H](O[C@@H]3O[C@H](CO)[C@@H](O[C@@H]4O[C@H](CO)[C@H](O)[C@H](O)[C@H]4NC(C)=O)[C@H](O)[C@H]3NC(C)=O)[C@H]2O)O[C@H](CO)[C@@H](O[C@@H]2O[C@H](CO)[C@H](O)[C@H](O[C@H]3O[C@H](CO)[C@H](O)[C@H](O)[C@H]3O)[C@H]2O)[C@@H]1O. The highest BCUT2D eigenvalue weighted by atomic mass is 16.8. The summed E-state index contributed by atoms with van der Waals surface area (Å²) in [6.07, 6.45) is -61.7. The van der Waals surface area contributed by atoms with Crippen LogP contribution in [-0.4, -0.2) is 386 Å². The van der Waals surface area contributed by atoms with E-state index < -0.39 is 279 Å². The molecule has 6 fully saturated rings. The highest BCUT2D eigenvalue weighted by Gasteiger charge is 2.58. The predicted molar refractivity (Wildman–Crippen MR) is 269 cm³/mol. The van der Waals surface area contributed by atoms with Crippen molar-refractivity contribution in [3.05, 3.63) is 0 Å². The summed E-state index contributed by atoms with van der Waals surface area (Å²) in [6, 6.07) is -5.29. The van der Waals surface area contributed by atoms with Gasteiger partial charge in [-0.1, -0.05) is 0 Å². The summed E-state index contributed by atoms with van der Waals surface area (Å²) in [5.74, 6) is -2.57. The zero-order valence-electron chi connectivity index (χ0n) is 46.8. The van der Waals surface area contributed by atoms with E-state index in [4.69, 9.17) is 56.8 Å². The standard InChI is InChI=1S/C48H83N3O36/c1-12(59)49-23-31(69)27(65)17(6-54)77-44(23)84-39-21(10-58)81-45(25(33(39)71)51-14(3)61)86-42-30(68)22(82-48(37(42)75)83-38(16(63)5-53)26(64)15(62)4-52)11-76-43-24(50-13(2)60)32(70)40(20(9-57)80-43)85-47-36(74)41(29(67)19(8-56)79-47)87-46-35(73)34(72)28(66)18(7-55)78-46/h15-48,52-58,62-75H,4-11H2,1-3H3,(H,49,59)(H,50,60)(H,51,61)/t15-,16+,17+,18+,19+,20+,21+,22+,23+,24+,25+,26+,27-,28-,29-,30-,31+,32+,33+,34-,35+,36+,37+,38+,39+,40+,41-,42-,43+,44-,45-,46+,47-,48-/m0/s1. The van der Waals surface area contributed by atoms with Crippen molar-refractivity contribution in [3.63, 3.8) is 0 Å². The van der Waals surface area contributed by atoms with Gasteiger partial charge in [-0.3, -0.25) is 14.4 Å².